The van der Waals surface area contributed by atoms with Crippen molar-refractivity contribution in [3.8, 4) is 11.5 Å². The van der Waals surface area contributed by atoms with E-state index in [0.29, 0.717) is 6.42 Å². The SMILES string of the molecule is COC(=O)CC/C(C)=C/CC/C(C)=C/Cc1cc(OC2CCCCO2)c(C)c(C)c1OCOCC[Si](C)(C)C. The molecule has 1 aromatic rings. The van der Waals surface area contributed by atoms with Gasteiger partial charge in [-0.25, -0.2) is 0 Å². The lowest BCUT2D eigenvalue weighted by Gasteiger charge is -2.26. The van der Waals surface area contributed by atoms with Crippen LogP contribution in [0.3, 0.4) is 0 Å². The van der Waals surface area contributed by atoms with Gasteiger partial charge in [-0.15, -0.1) is 0 Å². The molecule has 0 amide bonds. The van der Waals surface area contributed by atoms with E-state index in [9.17, 15) is 4.79 Å². The fourth-order valence-electron chi connectivity index (χ4n) is 4.32. The molecule has 2 rings (SSSR count). The van der Waals surface area contributed by atoms with Crippen molar-refractivity contribution < 1.29 is 28.5 Å². The molecule has 0 saturated carbocycles. The standard InChI is InChI=1S/C32H52O6Si/c1-24(12-11-13-25(2)16-18-30(33)34-5)15-17-28-22-29(38-31-14-9-10-19-36-31)26(3)27(4)32(28)37-23-35-20-21-39(6,7)8/h13,15,22,31H,9-12,14,16-21,23H2,1-8H3/b24-15+,25-13+. The number of carbonyl (C=O) groups excluding carboxylic acids is 1. The third kappa shape index (κ3) is 12.7. The number of ether oxygens (including phenoxy) is 5. The quantitative estimate of drug-likeness (QED) is 0.0670. The van der Waals surface area contributed by atoms with Crippen LogP contribution in [0.1, 0.15) is 75.5 Å². The molecule has 0 radical (unpaired) electrons. The van der Waals surface area contributed by atoms with Crippen molar-refractivity contribution >= 4 is 14.0 Å². The topological polar surface area (TPSA) is 63.2 Å². The number of allylic oxidation sites excluding steroid dienone is 4. The van der Waals surface area contributed by atoms with Crippen molar-refractivity contribution in [2.45, 2.75) is 111 Å². The Morgan fingerprint density at radius 3 is 2.46 bits per heavy atom. The zero-order chi connectivity index (χ0) is 28.8. The predicted molar refractivity (Wildman–Crippen MR) is 161 cm³/mol. The highest BCUT2D eigenvalue weighted by atomic mass is 28.3. The summed E-state index contributed by atoms with van der Waals surface area (Å²) in [5, 5.41) is 0. The Hall–Kier alpha value is -2.09. The molecule has 220 valence electrons. The Morgan fingerprint density at radius 2 is 1.79 bits per heavy atom. The minimum absolute atomic E-state index is 0.162. The Morgan fingerprint density at radius 1 is 1.05 bits per heavy atom. The highest BCUT2D eigenvalue weighted by molar-refractivity contribution is 6.76. The van der Waals surface area contributed by atoms with E-state index in [2.05, 4.69) is 65.6 Å². The van der Waals surface area contributed by atoms with Crippen LogP contribution >= 0.6 is 0 Å². The van der Waals surface area contributed by atoms with Crippen molar-refractivity contribution in [2.75, 3.05) is 27.1 Å². The molecule has 0 spiro atoms. The van der Waals surface area contributed by atoms with Crippen LogP contribution in [0.2, 0.25) is 25.7 Å². The molecule has 1 aliphatic rings. The van der Waals surface area contributed by atoms with Gasteiger partial charge < -0.3 is 23.7 Å². The van der Waals surface area contributed by atoms with Crippen molar-refractivity contribution in [1.29, 1.82) is 0 Å². The van der Waals surface area contributed by atoms with Crippen molar-refractivity contribution in [3.05, 3.63) is 46.1 Å². The van der Waals surface area contributed by atoms with E-state index in [1.165, 1.54) is 18.3 Å². The minimum Gasteiger partial charge on any atom is -0.469 e. The molecule has 39 heavy (non-hydrogen) atoms. The lowest BCUT2D eigenvalue weighted by Crippen LogP contribution is -2.25. The summed E-state index contributed by atoms with van der Waals surface area (Å²) in [7, 11) is 0.289. The number of carbonyl (C=O) groups is 1. The van der Waals surface area contributed by atoms with Crippen LogP contribution in [-0.2, 0) is 25.4 Å². The Labute approximate surface area is 238 Å². The summed E-state index contributed by atoms with van der Waals surface area (Å²) in [6.45, 7) is 17.2. The van der Waals surface area contributed by atoms with E-state index in [1.54, 1.807) is 0 Å². The van der Waals surface area contributed by atoms with E-state index in [4.69, 9.17) is 23.7 Å². The summed E-state index contributed by atoms with van der Waals surface area (Å²) in [6.07, 6.45) is 11.3. The molecular formula is C32H52O6Si. The number of hydrogen-bond donors (Lipinski definition) is 0. The van der Waals surface area contributed by atoms with Gasteiger partial charge in [0.1, 0.15) is 11.5 Å². The van der Waals surface area contributed by atoms with Gasteiger partial charge in [-0.1, -0.05) is 42.9 Å². The average Bonchev–Trinajstić information content (AvgIpc) is 2.89. The van der Waals surface area contributed by atoms with Gasteiger partial charge >= 0.3 is 5.97 Å². The molecule has 6 nitrogen and oxygen atoms in total. The largest absolute Gasteiger partial charge is 0.469 e. The number of benzene rings is 1. The first-order valence-corrected chi connectivity index (χ1v) is 18.2. The van der Waals surface area contributed by atoms with Crippen LogP contribution in [0, 0.1) is 13.8 Å². The van der Waals surface area contributed by atoms with Crippen LogP contribution in [0.5, 0.6) is 11.5 Å². The second-order valence-corrected chi connectivity index (χ2v) is 17.5. The zero-order valence-electron chi connectivity index (χ0n) is 25.7. The van der Waals surface area contributed by atoms with Crippen LogP contribution < -0.4 is 9.47 Å². The average molecular weight is 561 g/mol. The minimum atomic E-state index is -1.14. The molecule has 1 aliphatic heterocycles. The molecule has 0 N–H and O–H groups in total. The van der Waals surface area contributed by atoms with Gasteiger partial charge in [-0.3, -0.25) is 4.79 Å². The summed E-state index contributed by atoms with van der Waals surface area (Å²) < 4.78 is 29.0. The summed E-state index contributed by atoms with van der Waals surface area (Å²) in [5.74, 6) is 1.60. The number of rotatable bonds is 16. The fraction of sp³-hybridized carbons (Fsp3) is 0.656. The predicted octanol–water partition coefficient (Wildman–Crippen LogP) is 8.07. The molecule has 1 aromatic carbocycles. The lowest BCUT2D eigenvalue weighted by atomic mass is 9.99. The summed E-state index contributed by atoms with van der Waals surface area (Å²) in [4.78, 5) is 11.4. The van der Waals surface area contributed by atoms with Gasteiger partial charge in [0.15, 0.2) is 13.1 Å². The Bertz CT molecular complexity index is 970. The molecular weight excluding hydrogens is 508 g/mol. The highest BCUT2D eigenvalue weighted by Crippen LogP contribution is 2.36. The van der Waals surface area contributed by atoms with Crippen molar-refractivity contribution in [3.63, 3.8) is 0 Å². The van der Waals surface area contributed by atoms with E-state index in [-0.39, 0.29) is 19.1 Å². The van der Waals surface area contributed by atoms with Crippen molar-refractivity contribution in [1.82, 2.24) is 0 Å². The van der Waals surface area contributed by atoms with E-state index >= 15 is 0 Å². The maximum Gasteiger partial charge on any atom is 0.305 e. The maximum atomic E-state index is 11.4. The Kier molecular flexibility index (Phi) is 14.3. The first-order valence-electron chi connectivity index (χ1n) is 14.5. The molecule has 1 fully saturated rings. The second kappa shape index (κ2) is 16.9. The van der Waals surface area contributed by atoms with Gasteiger partial charge in [0.2, 0.25) is 0 Å². The normalized spacial score (nSPS) is 16.8. The second-order valence-electron chi connectivity index (χ2n) is 11.9. The van der Waals surface area contributed by atoms with Gasteiger partial charge in [0.25, 0.3) is 0 Å². The molecule has 7 heteroatoms. The highest BCUT2D eigenvalue weighted by Gasteiger charge is 2.20. The summed E-state index contributed by atoms with van der Waals surface area (Å²) >= 11 is 0. The van der Waals surface area contributed by atoms with Gasteiger partial charge in [0.05, 0.1) is 13.7 Å². The van der Waals surface area contributed by atoms with Crippen LogP contribution in [-0.4, -0.2) is 47.4 Å². The maximum absolute atomic E-state index is 11.4. The molecule has 1 heterocycles. The molecule has 1 atom stereocenters. The van der Waals surface area contributed by atoms with Gasteiger partial charge in [0, 0.05) is 33.1 Å². The first-order chi connectivity index (χ1) is 18.5. The zero-order valence-corrected chi connectivity index (χ0v) is 26.7. The fourth-order valence-corrected chi connectivity index (χ4v) is 5.08. The van der Waals surface area contributed by atoms with Crippen LogP contribution in [0.15, 0.2) is 29.4 Å². The lowest BCUT2D eigenvalue weighted by molar-refractivity contribution is -0.140. The number of esters is 1. The third-order valence-electron chi connectivity index (χ3n) is 7.20. The molecule has 0 aliphatic carbocycles. The summed E-state index contributed by atoms with van der Waals surface area (Å²) in [6, 6.07) is 3.24. The van der Waals surface area contributed by atoms with Gasteiger partial charge in [-0.05, 0) is 89.5 Å². The molecule has 0 bridgehead atoms. The van der Waals surface area contributed by atoms with Crippen LogP contribution in [0.4, 0.5) is 0 Å². The molecule has 1 unspecified atom stereocenters. The monoisotopic (exact) mass is 560 g/mol. The van der Waals surface area contributed by atoms with Gasteiger partial charge in [-0.2, -0.15) is 0 Å². The van der Waals surface area contributed by atoms with E-state index in [1.807, 2.05) is 0 Å². The molecule has 1 saturated heterocycles. The van der Waals surface area contributed by atoms with Crippen LogP contribution in [0.25, 0.3) is 0 Å². The number of methoxy groups -OCH3 is 1. The smallest absolute Gasteiger partial charge is 0.305 e. The van der Waals surface area contributed by atoms with E-state index in [0.717, 1.165) is 92.4 Å². The Balaban J connectivity index is 2.10. The van der Waals surface area contributed by atoms with Crippen molar-refractivity contribution in [2.24, 2.45) is 0 Å². The number of hydrogen-bond acceptors (Lipinski definition) is 6. The summed E-state index contributed by atoms with van der Waals surface area (Å²) in [5.41, 5.74) is 5.81. The van der Waals surface area contributed by atoms with E-state index < -0.39 is 8.07 Å². The third-order valence-corrected chi connectivity index (χ3v) is 8.91. The first kappa shape index (κ1) is 33.1. The molecule has 0 aromatic heterocycles.